The van der Waals surface area contributed by atoms with Crippen LogP contribution >= 0.6 is 0 Å². The highest BCUT2D eigenvalue weighted by molar-refractivity contribution is 5.97. The summed E-state index contributed by atoms with van der Waals surface area (Å²) in [5.41, 5.74) is 7.86. The van der Waals surface area contributed by atoms with E-state index in [4.69, 9.17) is 9.47 Å². The quantitative estimate of drug-likeness (QED) is 0.330. The predicted octanol–water partition coefficient (Wildman–Crippen LogP) is 6.76. The second-order valence-corrected chi connectivity index (χ2v) is 11.5. The smallest absolute Gasteiger partial charge is 0.415 e. The van der Waals surface area contributed by atoms with Gasteiger partial charge in [0.25, 0.3) is 0 Å². The number of hydrogen-bond acceptors (Lipinski definition) is 6. The maximum atomic E-state index is 14.4. The summed E-state index contributed by atoms with van der Waals surface area (Å²) in [5.74, 6) is 0.776. The zero-order valence-electron chi connectivity index (χ0n) is 25.0. The van der Waals surface area contributed by atoms with Crippen LogP contribution in [0.4, 0.5) is 20.6 Å². The summed E-state index contributed by atoms with van der Waals surface area (Å²) in [6.45, 7) is 10.7. The Labute approximate surface area is 242 Å². The minimum Gasteiger partial charge on any atom is -0.496 e. The number of benzene rings is 3. The number of halogens is 1. The maximum absolute atomic E-state index is 14.4. The summed E-state index contributed by atoms with van der Waals surface area (Å²) in [6.07, 6.45) is 1.83. The summed E-state index contributed by atoms with van der Waals surface area (Å²) in [4.78, 5) is 18.8. The van der Waals surface area contributed by atoms with Crippen molar-refractivity contribution in [3.8, 4) is 22.6 Å². The van der Waals surface area contributed by atoms with Crippen LogP contribution in [0, 0.1) is 12.7 Å². The SMILES string of the molecule is CCN(CCN(C)C)C(=O)Oc1ccc(-c2ccc3c4c2CN(c2cc(F)ccc2C)C4=CC(C)(C)N3)c(OC)c1. The van der Waals surface area contributed by atoms with E-state index in [9.17, 15) is 9.18 Å². The van der Waals surface area contributed by atoms with Gasteiger partial charge in [0.15, 0.2) is 0 Å². The number of nitrogens with one attached hydrogen (secondary N) is 1. The molecule has 0 saturated carbocycles. The van der Waals surface area contributed by atoms with Gasteiger partial charge in [-0.15, -0.1) is 0 Å². The van der Waals surface area contributed by atoms with Crippen molar-refractivity contribution in [1.82, 2.24) is 9.80 Å². The lowest BCUT2D eigenvalue weighted by molar-refractivity contribution is 0.150. The zero-order chi connectivity index (χ0) is 29.5. The fraction of sp³-hybridized carbons (Fsp3) is 0.364. The van der Waals surface area contributed by atoms with E-state index in [2.05, 4.69) is 42.3 Å². The van der Waals surface area contributed by atoms with Crippen molar-refractivity contribution in [3.05, 3.63) is 77.1 Å². The van der Waals surface area contributed by atoms with Gasteiger partial charge in [0.2, 0.25) is 0 Å². The summed E-state index contributed by atoms with van der Waals surface area (Å²) in [6, 6.07) is 14.7. The molecule has 1 N–H and O–H groups in total. The Bertz CT molecular complexity index is 1510. The minimum atomic E-state index is -0.388. The molecule has 8 heteroatoms. The summed E-state index contributed by atoms with van der Waals surface area (Å²) in [5, 5.41) is 3.64. The van der Waals surface area contributed by atoms with Crippen molar-refractivity contribution in [1.29, 1.82) is 0 Å². The molecular formula is C33H39FN4O3. The fourth-order valence-corrected chi connectivity index (χ4v) is 5.62. The number of carbonyl (C=O) groups excluding carboxylic acids is 1. The molecule has 3 aromatic carbocycles. The van der Waals surface area contributed by atoms with Gasteiger partial charge in [0.05, 0.1) is 12.6 Å². The molecule has 7 nitrogen and oxygen atoms in total. The number of hydrogen-bond donors (Lipinski definition) is 1. The molecule has 0 spiro atoms. The topological polar surface area (TPSA) is 57.3 Å². The van der Waals surface area contributed by atoms with E-state index in [1.54, 1.807) is 24.1 Å². The third kappa shape index (κ3) is 5.61. The number of likely N-dealkylation sites (N-methyl/N-ethyl adjacent to an activating group) is 2. The molecule has 2 aliphatic rings. The van der Waals surface area contributed by atoms with E-state index in [1.165, 1.54) is 6.07 Å². The second-order valence-electron chi connectivity index (χ2n) is 11.5. The zero-order valence-corrected chi connectivity index (χ0v) is 25.0. The fourth-order valence-electron chi connectivity index (χ4n) is 5.62. The highest BCUT2D eigenvalue weighted by Gasteiger charge is 2.37. The molecule has 0 radical (unpaired) electrons. The minimum absolute atomic E-state index is 0.258. The van der Waals surface area contributed by atoms with E-state index in [0.29, 0.717) is 31.1 Å². The van der Waals surface area contributed by atoms with Crippen molar-refractivity contribution >= 4 is 23.2 Å². The van der Waals surface area contributed by atoms with Gasteiger partial charge in [-0.05, 0) is 94.9 Å². The number of ether oxygens (including phenoxy) is 2. The van der Waals surface area contributed by atoms with Crippen LogP contribution in [-0.2, 0) is 6.54 Å². The Morgan fingerprint density at radius 1 is 1.07 bits per heavy atom. The van der Waals surface area contributed by atoms with Crippen LogP contribution in [0.2, 0.25) is 0 Å². The summed E-state index contributed by atoms with van der Waals surface area (Å²) in [7, 11) is 5.57. The van der Waals surface area contributed by atoms with Gasteiger partial charge in [-0.3, -0.25) is 0 Å². The number of methoxy groups -OCH3 is 1. The Hall–Kier alpha value is -4.04. The molecule has 0 aromatic heterocycles. The largest absolute Gasteiger partial charge is 0.496 e. The molecule has 0 bridgehead atoms. The Morgan fingerprint density at radius 3 is 2.54 bits per heavy atom. The first kappa shape index (κ1) is 28.5. The highest BCUT2D eigenvalue weighted by Crippen LogP contribution is 2.50. The molecule has 2 aliphatic heterocycles. The molecule has 216 valence electrons. The second kappa shape index (κ2) is 11.1. The molecule has 3 aromatic rings. The van der Waals surface area contributed by atoms with Crippen LogP contribution in [0.25, 0.3) is 16.8 Å². The van der Waals surface area contributed by atoms with Gasteiger partial charge in [0.1, 0.15) is 17.3 Å². The lowest BCUT2D eigenvalue weighted by Crippen LogP contribution is -2.38. The van der Waals surface area contributed by atoms with Crippen molar-refractivity contribution in [2.45, 2.75) is 39.8 Å². The summed E-state index contributed by atoms with van der Waals surface area (Å²) >= 11 is 0. The van der Waals surface area contributed by atoms with Crippen LogP contribution < -0.4 is 19.7 Å². The standard InChI is InChI=1S/C33H39FN4O3/c1-8-37(16-15-36(5)6)32(39)41-23-11-12-25(30(18-23)40-7)24-13-14-27-31-26(24)20-38(29(31)19-33(3,4)35-27)28-17-22(34)10-9-21(28)2/h9-14,17-19,35H,8,15-16,20H2,1-7H3. The predicted molar refractivity (Wildman–Crippen MR) is 163 cm³/mol. The molecule has 0 aliphatic carbocycles. The van der Waals surface area contributed by atoms with Crippen molar-refractivity contribution < 1.29 is 18.7 Å². The first-order valence-corrected chi connectivity index (χ1v) is 14.0. The van der Waals surface area contributed by atoms with E-state index in [1.807, 2.05) is 51.0 Å². The third-order valence-electron chi connectivity index (χ3n) is 7.72. The van der Waals surface area contributed by atoms with Crippen LogP contribution in [0.1, 0.15) is 37.5 Å². The summed E-state index contributed by atoms with van der Waals surface area (Å²) < 4.78 is 26.0. The number of nitrogens with zero attached hydrogens (tertiary/aromatic N) is 3. The van der Waals surface area contributed by atoms with Crippen molar-refractivity contribution in [2.24, 2.45) is 0 Å². The average molecular weight is 559 g/mol. The van der Waals surface area contributed by atoms with E-state index in [0.717, 1.165) is 51.4 Å². The number of amides is 1. The molecule has 0 saturated heterocycles. The number of anilines is 2. The van der Waals surface area contributed by atoms with Crippen LogP contribution in [0.3, 0.4) is 0 Å². The average Bonchev–Trinajstić information content (AvgIpc) is 3.29. The maximum Gasteiger partial charge on any atom is 0.415 e. The van der Waals surface area contributed by atoms with Gasteiger partial charge in [0, 0.05) is 60.4 Å². The van der Waals surface area contributed by atoms with Gasteiger partial charge < -0.3 is 29.5 Å². The molecule has 41 heavy (non-hydrogen) atoms. The van der Waals surface area contributed by atoms with Gasteiger partial charge in [-0.1, -0.05) is 12.1 Å². The van der Waals surface area contributed by atoms with Gasteiger partial charge in [-0.25, -0.2) is 9.18 Å². The number of aryl methyl sites for hydroxylation is 1. The molecule has 1 amide bonds. The van der Waals surface area contributed by atoms with E-state index >= 15 is 0 Å². The normalized spacial score (nSPS) is 14.9. The van der Waals surface area contributed by atoms with E-state index < -0.39 is 0 Å². The Kier molecular flexibility index (Phi) is 7.70. The molecule has 0 atom stereocenters. The highest BCUT2D eigenvalue weighted by atomic mass is 19.1. The van der Waals surface area contributed by atoms with Crippen molar-refractivity contribution in [2.75, 3.05) is 51.1 Å². The third-order valence-corrected chi connectivity index (χ3v) is 7.72. The van der Waals surface area contributed by atoms with Gasteiger partial charge >= 0.3 is 6.09 Å². The molecule has 0 fully saturated rings. The number of carbonyl (C=O) groups is 1. The molecular weight excluding hydrogens is 519 g/mol. The van der Waals surface area contributed by atoms with Crippen LogP contribution in [-0.4, -0.2) is 62.3 Å². The first-order chi connectivity index (χ1) is 19.5. The molecule has 0 unspecified atom stereocenters. The van der Waals surface area contributed by atoms with Gasteiger partial charge in [-0.2, -0.15) is 0 Å². The Morgan fingerprint density at radius 2 is 1.83 bits per heavy atom. The Balaban J connectivity index is 1.52. The molecule has 2 heterocycles. The van der Waals surface area contributed by atoms with Crippen LogP contribution in [0.15, 0.2) is 54.6 Å². The van der Waals surface area contributed by atoms with Crippen LogP contribution in [0.5, 0.6) is 11.5 Å². The monoisotopic (exact) mass is 558 g/mol. The van der Waals surface area contributed by atoms with Crippen molar-refractivity contribution in [3.63, 3.8) is 0 Å². The molecule has 5 rings (SSSR count). The number of rotatable bonds is 8. The lowest BCUT2D eigenvalue weighted by atomic mass is 9.89. The van der Waals surface area contributed by atoms with E-state index in [-0.39, 0.29) is 17.4 Å². The first-order valence-electron chi connectivity index (χ1n) is 14.0. The lowest BCUT2D eigenvalue weighted by Gasteiger charge is -2.33.